The van der Waals surface area contributed by atoms with Crippen LogP contribution in [0, 0.1) is 19.3 Å². The number of thiophene rings is 1. The Morgan fingerprint density at radius 2 is 2.42 bits per heavy atom. The lowest BCUT2D eigenvalue weighted by molar-refractivity contribution is 0.0958. The molecule has 19 heavy (non-hydrogen) atoms. The number of hydrogen-bond donors (Lipinski definition) is 2. The first-order valence-electron chi connectivity index (χ1n) is 6.00. The molecule has 2 rings (SSSR count). The van der Waals surface area contributed by atoms with Gasteiger partial charge in [-0.05, 0) is 25.0 Å². The van der Waals surface area contributed by atoms with Gasteiger partial charge in [0.15, 0.2) is 0 Å². The van der Waals surface area contributed by atoms with Crippen LogP contribution in [0.25, 0.3) is 10.2 Å². The number of fused-ring (bicyclic) bond motifs is 1. The third-order valence-electron chi connectivity index (χ3n) is 2.83. The molecule has 0 unspecified atom stereocenters. The van der Waals surface area contributed by atoms with E-state index in [1.54, 1.807) is 6.20 Å². The van der Waals surface area contributed by atoms with Gasteiger partial charge in [-0.25, -0.2) is 4.98 Å². The number of nitrogen functional groups attached to an aromatic ring is 1. The van der Waals surface area contributed by atoms with Crippen LogP contribution in [0.5, 0.6) is 0 Å². The first kappa shape index (κ1) is 13.4. The molecule has 0 aliphatic rings. The summed E-state index contributed by atoms with van der Waals surface area (Å²) in [7, 11) is 0. The molecule has 0 aliphatic carbocycles. The van der Waals surface area contributed by atoms with Crippen LogP contribution in [0.1, 0.15) is 28.1 Å². The van der Waals surface area contributed by atoms with E-state index in [2.05, 4.69) is 16.2 Å². The SMILES string of the molecule is C#CCCCNC(=O)c1sc2nccc(C)c2c1N. The molecule has 0 radical (unpaired) electrons. The molecule has 0 bridgehead atoms. The number of rotatable bonds is 4. The molecule has 1 amide bonds. The molecule has 0 aliphatic heterocycles. The van der Waals surface area contributed by atoms with E-state index in [1.165, 1.54) is 11.3 Å². The second kappa shape index (κ2) is 5.72. The second-order valence-electron chi connectivity index (χ2n) is 4.22. The highest BCUT2D eigenvalue weighted by Gasteiger charge is 2.17. The molecule has 0 spiro atoms. The summed E-state index contributed by atoms with van der Waals surface area (Å²) in [6.07, 6.45) is 8.31. The maximum absolute atomic E-state index is 12.0. The van der Waals surface area contributed by atoms with Crippen molar-refractivity contribution in [2.45, 2.75) is 19.8 Å². The highest BCUT2D eigenvalue weighted by Crippen LogP contribution is 2.34. The van der Waals surface area contributed by atoms with Crippen molar-refractivity contribution in [1.29, 1.82) is 0 Å². The number of pyridine rings is 1. The first-order chi connectivity index (χ1) is 9.15. The van der Waals surface area contributed by atoms with E-state index in [-0.39, 0.29) is 5.91 Å². The zero-order valence-corrected chi connectivity index (χ0v) is 11.5. The van der Waals surface area contributed by atoms with Crippen molar-refractivity contribution in [2.75, 3.05) is 12.3 Å². The summed E-state index contributed by atoms with van der Waals surface area (Å²) in [5, 5.41) is 3.70. The number of hydrogen-bond acceptors (Lipinski definition) is 4. The first-order valence-corrected chi connectivity index (χ1v) is 6.82. The Balaban J connectivity index is 2.21. The number of carbonyl (C=O) groups excluding carboxylic acids is 1. The molecule has 0 fully saturated rings. The van der Waals surface area contributed by atoms with Crippen molar-refractivity contribution >= 4 is 33.1 Å². The lowest BCUT2D eigenvalue weighted by Crippen LogP contribution is -2.24. The third kappa shape index (κ3) is 2.69. The van der Waals surface area contributed by atoms with E-state index in [9.17, 15) is 4.79 Å². The molecule has 0 saturated heterocycles. The fourth-order valence-corrected chi connectivity index (χ4v) is 2.90. The Bertz CT molecular complexity index is 654. The minimum atomic E-state index is -0.156. The lowest BCUT2D eigenvalue weighted by atomic mass is 10.2. The molecule has 2 aromatic heterocycles. The maximum atomic E-state index is 12.0. The molecule has 0 aromatic carbocycles. The van der Waals surface area contributed by atoms with Gasteiger partial charge in [-0.3, -0.25) is 4.79 Å². The van der Waals surface area contributed by atoms with Crippen molar-refractivity contribution in [2.24, 2.45) is 0 Å². The standard InChI is InChI=1S/C14H15N3OS/c1-3-4-5-7-16-13(18)12-11(15)10-9(2)6-8-17-14(10)19-12/h1,6,8H,4-5,7,15H2,2H3,(H,16,18). The molecule has 2 heterocycles. The van der Waals surface area contributed by atoms with Gasteiger partial charge in [-0.2, -0.15) is 0 Å². The number of aryl methyl sites for hydroxylation is 1. The Morgan fingerprint density at radius 1 is 1.63 bits per heavy atom. The minimum absolute atomic E-state index is 0.156. The maximum Gasteiger partial charge on any atom is 0.263 e. The summed E-state index contributed by atoms with van der Waals surface area (Å²) in [6, 6.07) is 1.89. The average Bonchev–Trinajstić information content (AvgIpc) is 2.73. The van der Waals surface area contributed by atoms with Crippen LogP contribution in [0.4, 0.5) is 5.69 Å². The number of aromatic nitrogens is 1. The predicted octanol–water partition coefficient (Wildman–Crippen LogP) is 2.33. The molecule has 2 aromatic rings. The Morgan fingerprint density at radius 3 is 3.11 bits per heavy atom. The molecule has 0 atom stereocenters. The summed E-state index contributed by atoms with van der Waals surface area (Å²) in [4.78, 5) is 17.6. The van der Waals surface area contributed by atoms with Crippen molar-refractivity contribution in [3.05, 3.63) is 22.7 Å². The summed E-state index contributed by atoms with van der Waals surface area (Å²) in [5.74, 6) is 2.38. The monoisotopic (exact) mass is 273 g/mol. The van der Waals surface area contributed by atoms with Crippen molar-refractivity contribution < 1.29 is 4.79 Å². The van der Waals surface area contributed by atoms with Gasteiger partial charge in [0.1, 0.15) is 9.71 Å². The number of amides is 1. The van der Waals surface area contributed by atoms with Crippen LogP contribution in [0.2, 0.25) is 0 Å². The van der Waals surface area contributed by atoms with Gasteiger partial charge in [-0.15, -0.1) is 23.7 Å². The normalized spacial score (nSPS) is 10.3. The van der Waals surface area contributed by atoms with E-state index < -0.39 is 0 Å². The zero-order valence-electron chi connectivity index (χ0n) is 10.7. The molecular weight excluding hydrogens is 258 g/mol. The highest BCUT2D eigenvalue weighted by molar-refractivity contribution is 7.21. The smallest absolute Gasteiger partial charge is 0.263 e. The van der Waals surface area contributed by atoms with Crippen molar-refractivity contribution in [3.63, 3.8) is 0 Å². The fraction of sp³-hybridized carbons (Fsp3) is 0.286. The van der Waals surface area contributed by atoms with Gasteiger partial charge in [0.25, 0.3) is 5.91 Å². The Hall–Kier alpha value is -2.06. The predicted molar refractivity (Wildman–Crippen MR) is 79.2 cm³/mol. The molecular formula is C14H15N3OS. The average molecular weight is 273 g/mol. The summed E-state index contributed by atoms with van der Waals surface area (Å²) in [5.41, 5.74) is 7.59. The van der Waals surface area contributed by atoms with Crippen LogP contribution in [-0.4, -0.2) is 17.4 Å². The third-order valence-corrected chi connectivity index (χ3v) is 3.94. The number of nitrogens with two attached hydrogens (primary N) is 1. The van der Waals surface area contributed by atoms with Gasteiger partial charge in [0.2, 0.25) is 0 Å². The van der Waals surface area contributed by atoms with Crippen molar-refractivity contribution in [3.8, 4) is 12.3 Å². The van der Waals surface area contributed by atoms with Crippen LogP contribution in [0.15, 0.2) is 12.3 Å². The molecule has 3 N–H and O–H groups in total. The van der Waals surface area contributed by atoms with Crippen LogP contribution >= 0.6 is 11.3 Å². The molecule has 5 heteroatoms. The van der Waals surface area contributed by atoms with Crippen LogP contribution in [0.3, 0.4) is 0 Å². The summed E-state index contributed by atoms with van der Waals surface area (Å²) in [6.45, 7) is 2.52. The van der Waals surface area contributed by atoms with Gasteiger partial charge in [0, 0.05) is 24.5 Å². The van der Waals surface area contributed by atoms with E-state index in [0.717, 1.165) is 22.2 Å². The van der Waals surface area contributed by atoms with Gasteiger partial charge in [-0.1, -0.05) is 0 Å². The Kier molecular flexibility index (Phi) is 4.03. The van der Waals surface area contributed by atoms with Gasteiger partial charge in [0.05, 0.1) is 5.69 Å². The molecule has 98 valence electrons. The number of carbonyl (C=O) groups is 1. The topological polar surface area (TPSA) is 68.0 Å². The summed E-state index contributed by atoms with van der Waals surface area (Å²) >= 11 is 1.32. The zero-order chi connectivity index (χ0) is 13.8. The largest absolute Gasteiger partial charge is 0.397 e. The number of nitrogens with one attached hydrogen (secondary N) is 1. The van der Waals surface area contributed by atoms with E-state index in [0.29, 0.717) is 23.5 Å². The number of nitrogens with zero attached hydrogens (tertiary/aromatic N) is 1. The van der Waals surface area contributed by atoms with Gasteiger partial charge < -0.3 is 11.1 Å². The number of unbranched alkanes of at least 4 members (excludes halogenated alkanes) is 1. The van der Waals surface area contributed by atoms with Crippen molar-refractivity contribution in [1.82, 2.24) is 10.3 Å². The molecule has 0 saturated carbocycles. The highest BCUT2D eigenvalue weighted by atomic mass is 32.1. The Labute approximate surface area is 116 Å². The van der Waals surface area contributed by atoms with E-state index >= 15 is 0 Å². The molecule has 4 nitrogen and oxygen atoms in total. The fourth-order valence-electron chi connectivity index (χ4n) is 1.84. The van der Waals surface area contributed by atoms with Gasteiger partial charge >= 0.3 is 0 Å². The van der Waals surface area contributed by atoms with E-state index in [1.807, 2.05) is 13.0 Å². The van der Waals surface area contributed by atoms with Crippen LogP contribution in [-0.2, 0) is 0 Å². The minimum Gasteiger partial charge on any atom is -0.397 e. The second-order valence-corrected chi connectivity index (χ2v) is 5.22. The summed E-state index contributed by atoms with van der Waals surface area (Å²) < 4.78 is 0. The van der Waals surface area contributed by atoms with Crippen LogP contribution < -0.4 is 11.1 Å². The quantitative estimate of drug-likeness (QED) is 0.663. The lowest BCUT2D eigenvalue weighted by Gasteiger charge is -2.02. The number of anilines is 1. The van der Waals surface area contributed by atoms with E-state index in [4.69, 9.17) is 12.2 Å². The number of terminal acetylenes is 1.